The number of rotatable bonds is 6. The van der Waals surface area contributed by atoms with Gasteiger partial charge >= 0.3 is 12.1 Å². The van der Waals surface area contributed by atoms with Crippen LogP contribution in [0.2, 0.25) is 0 Å². The van der Waals surface area contributed by atoms with Gasteiger partial charge in [-0.15, -0.1) is 13.2 Å². The highest BCUT2D eigenvalue weighted by molar-refractivity contribution is 5.46. The van der Waals surface area contributed by atoms with Gasteiger partial charge in [0.05, 0.1) is 19.3 Å². The fourth-order valence-corrected chi connectivity index (χ4v) is 4.27. The van der Waals surface area contributed by atoms with E-state index in [1.807, 2.05) is 0 Å². The minimum Gasteiger partial charge on any atom is -0.473 e. The Hall–Kier alpha value is -3.87. The van der Waals surface area contributed by atoms with Gasteiger partial charge < -0.3 is 23.8 Å². The van der Waals surface area contributed by atoms with Crippen LogP contribution in [-0.4, -0.2) is 41.7 Å². The maximum absolute atomic E-state index is 14.6. The van der Waals surface area contributed by atoms with Crippen molar-refractivity contribution < 1.29 is 40.9 Å². The third-order valence-electron chi connectivity index (χ3n) is 5.88. The Kier molecular flexibility index (Phi) is 6.63. The summed E-state index contributed by atoms with van der Waals surface area (Å²) in [5.41, 5.74) is -0.407. The van der Waals surface area contributed by atoms with Crippen LogP contribution < -0.4 is 24.8 Å². The number of morpholine rings is 1. The molecular weight excluding hydrogens is 505 g/mol. The van der Waals surface area contributed by atoms with Crippen molar-refractivity contribution >= 4 is 5.82 Å². The number of nitrogens with zero attached hydrogens (tertiary/aromatic N) is 3. The number of ether oxygens (including phenoxy) is 4. The van der Waals surface area contributed by atoms with Crippen LogP contribution >= 0.6 is 0 Å². The Morgan fingerprint density at radius 2 is 1.81 bits per heavy atom. The first-order valence-electron chi connectivity index (χ1n) is 11.3. The minimum absolute atomic E-state index is 0.00557. The fraction of sp³-hybridized carbons (Fsp3) is 0.333. The fourth-order valence-electron chi connectivity index (χ4n) is 4.27. The lowest BCUT2D eigenvalue weighted by Crippen LogP contribution is -2.51. The predicted molar refractivity (Wildman–Crippen MR) is 119 cm³/mol. The van der Waals surface area contributed by atoms with Crippen molar-refractivity contribution in [1.29, 1.82) is 0 Å². The molecule has 0 unspecified atom stereocenters. The van der Waals surface area contributed by atoms with Crippen LogP contribution in [-0.2, 0) is 17.9 Å². The van der Waals surface area contributed by atoms with Crippen LogP contribution in [0.15, 0.2) is 47.3 Å². The summed E-state index contributed by atoms with van der Waals surface area (Å²) < 4.78 is 88.1. The van der Waals surface area contributed by atoms with Gasteiger partial charge in [-0.05, 0) is 36.2 Å². The molecule has 1 aromatic heterocycles. The molecule has 2 aliphatic heterocycles. The average molecular weight is 525 g/mol. The molecule has 2 aromatic carbocycles. The van der Waals surface area contributed by atoms with Crippen molar-refractivity contribution in [2.24, 2.45) is 0 Å². The Labute approximate surface area is 206 Å². The number of halogens is 5. The summed E-state index contributed by atoms with van der Waals surface area (Å²) >= 11 is 0. The van der Waals surface area contributed by atoms with Crippen LogP contribution in [0.25, 0.3) is 0 Å². The van der Waals surface area contributed by atoms with Crippen LogP contribution in [0, 0.1) is 11.6 Å². The summed E-state index contributed by atoms with van der Waals surface area (Å²) in [7, 11) is 0. The van der Waals surface area contributed by atoms with Gasteiger partial charge in [0, 0.05) is 25.2 Å². The Bertz CT molecular complexity index is 1340. The van der Waals surface area contributed by atoms with Crippen LogP contribution in [0.4, 0.5) is 27.8 Å². The number of alkyl halides is 3. The molecule has 0 N–H and O–H groups in total. The molecule has 0 saturated carbocycles. The zero-order valence-electron chi connectivity index (χ0n) is 19.1. The molecule has 0 aliphatic carbocycles. The second-order valence-electron chi connectivity index (χ2n) is 8.40. The molecule has 13 heteroatoms. The second-order valence-corrected chi connectivity index (χ2v) is 8.40. The quantitative estimate of drug-likeness (QED) is 0.442. The number of anilines is 1. The number of fused-ring (bicyclic) bond motifs is 3. The zero-order valence-corrected chi connectivity index (χ0v) is 19.1. The topological polar surface area (TPSA) is 75.0 Å². The number of hydrogen-bond acceptors (Lipinski definition) is 7. The third-order valence-corrected chi connectivity index (χ3v) is 5.88. The van der Waals surface area contributed by atoms with Gasteiger partial charge in [-0.2, -0.15) is 4.98 Å². The van der Waals surface area contributed by atoms with E-state index in [-0.39, 0.29) is 29.8 Å². The number of benzene rings is 2. The Balaban J connectivity index is 1.30. The van der Waals surface area contributed by atoms with Gasteiger partial charge in [0.25, 0.3) is 0 Å². The summed E-state index contributed by atoms with van der Waals surface area (Å²) in [5, 5.41) is 0. The van der Waals surface area contributed by atoms with E-state index in [4.69, 9.17) is 14.2 Å². The van der Waals surface area contributed by atoms with E-state index in [2.05, 4.69) is 14.6 Å². The maximum atomic E-state index is 14.6. The van der Waals surface area contributed by atoms with E-state index >= 15 is 0 Å². The van der Waals surface area contributed by atoms with Crippen LogP contribution in [0.5, 0.6) is 23.1 Å². The lowest BCUT2D eigenvalue weighted by atomic mass is 10.1. The standard InChI is InChI=1S/C24H20F5N3O5/c25-18-8-14(9-19(26)22(18)36-16-2-1-3-17(10-16)37-24(27,28)29)12-35-20-11-21-31-6-7-34-13-15(31)4-5-32(21)23(33)30-20/h1-3,8-11,15H,4-7,12-13H2/t15-/m1/s1. The normalized spacial score (nSPS) is 17.1. The second kappa shape index (κ2) is 9.88. The summed E-state index contributed by atoms with van der Waals surface area (Å²) in [6.07, 6.45) is -4.18. The van der Waals surface area contributed by atoms with Crippen molar-refractivity contribution in [2.75, 3.05) is 24.7 Å². The molecule has 3 heterocycles. The molecule has 1 fully saturated rings. The van der Waals surface area contributed by atoms with Gasteiger partial charge in [0.1, 0.15) is 23.9 Å². The first-order valence-corrected chi connectivity index (χ1v) is 11.3. The van der Waals surface area contributed by atoms with Crippen LogP contribution in [0.3, 0.4) is 0 Å². The van der Waals surface area contributed by atoms with Crippen molar-refractivity contribution in [3.05, 3.63) is 70.1 Å². The number of aromatic nitrogens is 2. The lowest BCUT2D eigenvalue weighted by Gasteiger charge is -2.41. The molecule has 1 saturated heterocycles. The van der Waals surface area contributed by atoms with Gasteiger partial charge in [-0.1, -0.05) is 6.07 Å². The summed E-state index contributed by atoms with van der Waals surface area (Å²) in [4.78, 5) is 18.5. The van der Waals surface area contributed by atoms with E-state index in [0.29, 0.717) is 32.1 Å². The van der Waals surface area contributed by atoms with Gasteiger partial charge in [-0.3, -0.25) is 4.57 Å². The van der Waals surface area contributed by atoms with Gasteiger partial charge in [-0.25, -0.2) is 13.6 Å². The molecule has 0 spiro atoms. The van der Waals surface area contributed by atoms with Gasteiger partial charge in [0.2, 0.25) is 5.88 Å². The average Bonchev–Trinajstić information content (AvgIpc) is 2.84. The summed E-state index contributed by atoms with van der Waals surface area (Å²) in [6, 6.07) is 7.94. The predicted octanol–water partition coefficient (Wildman–Crippen LogP) is 4.40. The first kappa shape index (κ1) is 24.8. The van der Waals surface area contributed by atoms with E-state index in [0.717, 1.165) is 30.7 Å². The molecule has 8 nitrogen and oxygen atoms in total. The highest BCUT2D eigenvalue weighted by atomic mass is 19.4. The summed E-state index contributed by atoms with van der Waals surface area (Å²) in [5.74, 6) is -3.23. The van der Waals surface area contributed by atoms with E-state index in [1.165, 1.54) is 12.1 Å². The van der Waals surface area contributed by atoms with Crippen molar-refractivity contribution in [1.82, 2.24) is 9.55 Å². The van der Waals surface area contributed by atoms with Crippen molar-refractivity contribution in [3.8, 4) is 23.1 Å². The number of hydrogen-bond donors (Lipinski definition) is 0. The summed E-state index contributed by atoms with van der Waals surface area (Å²) in [6.45, 7) is 1.88. The highest BCUT2D eigenvalue weighted by Crippen LogP contribution is 2.33. The smallest absolute Gasteiger partial charge is 0.473 e. The lowest BCUT2D eigenvalue weighted by molar-refractivity contribution is -0.274. The molecule has 0 amide bonds. The molecular formula is C24H20F5N3O5. The SMILES string of the molecule is O=c1nc(OCc2cc(F)c(Oc3cccc(OC(F)(F)F)c3)c(F)c2)cc2n1CC[C@@H]1COCCN21. The molecule has 0 bridgehead atoms. The first-order chi connectivity index (χ1) is 17.7. The zero-order chi connectivity index (χ0) is 26.2. The molecule has 37 heavy (non-hydrogen) atoms. The molecule has 0 radical (unpaired) electrons. The third kappa shape index (κ3) is 5.61. The molecule has 196 valence electrons. The highest BCUT2D eigenvalue weighted by Gasteiger charge is 2.32. The van der Waals surface area contributed by atoms with E-state index in [1.54, 1.807) is 10.6 Å². The van der Waals surface area contributed by atoms with Crippen molar-refractivity contribution in [2.45, 2.75) is 32.0 Å². The molecule has 5 rings (SSSR count). The van der Waals surface area contributed by atoms with Crippen LogP contribution in [0.1, 0.15) is 12.0 Å². The van der Waals surface area contributed by atoms with Crippen molar-refractivity contribution in [3.63, 3.8) is 0 Å². The largest absolute Gasteiger partial charge is 0.573 e. The van der Waals surface area contributed by atoms with E-state index < -0.39 is 35.2 Å². The van der Waals surface area contributed by atoms with E-state index in [9.17, 15) is 26.7 Å². The van der Waals surface area contributed by atoms with Gasteiger partial charge in [0.15, 0.2) is 17.4 Å². The Morgan fingerprint density at radius 3 is 2.57 bits per heavy atom. The molecule has 1 atom stereocenters. The monoisotopic (exact) mass is 525 g/mol. The Morgan fingerprint density at radius 1 is 1.05 bits per heavy atom. The molecule has 3 aromatic rings. The molecule has 2 aliphatic rings. The minimum atomic E-state index is -4.93. The maximum Gasteiger partial charge on any atom is 0.573 e.